The van der Waals surface area contributed by atoms with E-state index in [-0.39, 0.29) is 6.09 Å². The zero-order valence-corrected chi connectivity index (χ0v) is 15.4. The number of hydrogen-bond donors (Lipinski definition) is 1. The van der Waals surface area contributed by atoms with Crippen LogP contribution in [0.3, 0.4) is 0 Å². The Kier molecular flexibility index (Phi) is 3.76. The van der Waals surface area contributed by atoms with Crippen molar-refractivity contribution >= 4 is 17.0 Å². The average Bonchev–Trinajstić information content (AvgIpc) is 2.83. The van der Waals surface area contributed by atoms with Crippen molar-refractivity contribution in [1.82, 2.24) is 20.0 Å². The van der Waals surface area contributed by atoms with Crippen LogP contribution in [0.4, 0.5) is 4.79 Å². The molecule has 1 aromatic heterocycles. The van der Waals surface area contributed by atoms with E-state index in [1.54, 1.807) is 4.90 Å². The van der Waals surface area contributed by atoms with Gasteiger partial charge in [0.2, 0.25) is 0 Å². The Morgan fingerprint density at radius 3 is 2.80 bits per heavy atom. The summed E-state index contributed by atoms with van der Waals surface area (Å²) in [6, 6.07) is 6.93. The molecule has 1 atom stereocenters. The first-order valence-corrected chi connectivity index (χ1v) is 9.01. The van der Waals surface area contributed by atoms with Crippen molar-refractivity contribution < 1.29 is 9.53 Å². The van der Waals surface area contributed by atoms with E-state index in [1.165, 1.54) is 16.6 Å². The third-order valence-corrected chi connectivity index (χ3v) is 4.98. The molecule has 6 heteroatoms. The van der Waals surface area contributed by atoms with Gasteiger partial charge in [0.15, 0.2) is 0 Å². The van der Waals surface area contributed by atoms with Gasteiger partial charge in [0.25, 0.3) is 0 Å². The summed E-state index contributed by atoms with van der Waals surface area (Å²) in [5, 5.41) is 9.48. The van der Waals surface area contributed by atoms with Gasteiger partial charge in [-0.25, -0.2) is 4.79 Å². The number of carbonyl (C=O) groups excluding carboxylic acids is 1. The Morgan fingerprint density at radius 1 is 1.32 bits per heavy atom. The maximum Gasteiger partial charge on any atom is 0.410 e. The highest BCUT2D eigenvalue weighted by Crippen LogP contribution is 2.32. The molecular formula is C19H26N4O2. The van der Waals surface area contributed by atoms with Crippen molar-refractivity contribution in [1.29, 1.82) is 0 Å². The SMILES string of the molecule is C[C@@H]1CNCc2c3ccc(C4CN(C(=O)OC(C)(C)C)C4)cc3nn21. The van der Waals surface area contributed by atoms with Crippen LogP contribution < -0.4 is 5.32 Å². The second kappa shape index (κ2) is 5.73. The summed E-state index contributed by atoms with van der Waals surface area (Å²) in [5.74, 6) is 0.367. The number of nitrogens with one attached hydrogen (secondary N) is 1. The van der Waals surface area contributed by atoms with Gasteiger partial charge in [-0.05, 0) is 39.3 Å². The van der Waals surface area contributed by atoms with E-state index in [4.69, 9.17) is 9.84 Å². The summed E-state index contributed by atoms with van der Waals surface area (Å²) < 4.78 is 7.58. The highest BCUT2D eigenvalue weighted by Gasteiger charge is 2.34. The van der Waals surface area contributed by atoms with Crippen LogP contribution in [-0.4, -0.2) is 46.0 Å². The smallest absolute Gasteiger partial charge is 0.410 e. The average molecular weight is 342 g/mol. The Balaban J connectivity index is 1.50. The van der Waals surface area contributed by atoms with E-state index in [9.17, 15) is 4.79 Å². The fraction of sp³-hybridized carbons (Fsp3) is 0.579. The quantitative estimate of drug-likeness (QED) is 0.865. The highest BCUT2D eigenvalue weighted by atomic mass is 16.6. The summed E-state index contributed by atoms with van der Waals surface area (Å²) in [7, 11) is 0. The van der Waals surface area contributed by atoms with Gasteiger partial charge in [0.1, 0.15) is 5.60 Å². The minimum absolute atomic E-state index is 0.220. The molecule has 1 saturated heterocycles. The molecule has 2 aliphatic rings. The summed E-state index contributed by atoms with van der Waals surface area (Å²) in [4.78, 5) is 13.8. The molecule has 2 aliphatic heterocycles. The van der Waals surface area contributed by atoms with Gasteiger partial charge in [-0.1, -0.05) is 12.1 Å². The van der Waals surface area contributed by atoms with Gasteiger partial charge < -0.3 is 15.0 Å². The normalized spacial score (nSPS) is 21.1. The number of fused-ring (bicyclic) bond motifs is 3. The number of hydrogen-bond acceptors (Lipinski definition) is 4. The zero-order valence-electron chi connectivity index (χ0n) is 15.4. The van der Waals surface area contributed by atoms with Gasteiger partial charge in [0.05, 0.1) is 17.3 Å². The summed E-state index contributed by atoms with van der Waals surface area (Å²) >= 11 is 0. The molecule has 1 fully saturated rings. The van der Waals surface area contributed by atoms with Crippen molar-refractivity contribution in [3.05, 3.63) is 29.5 Å². The lowest BCUT2D eigenvalue weighted by atomic mass is 9.91. The minimum Gasteiger partial charge on any atom is -0.444 e. The van der Waals surface area contributed by atoms with E-state index in [2.05, 4.69) is 35.1 Å². The lowest BCUT2D eigenvalue weighted by Gasteiger charge is -2.40. The summed E-state index contributed by atoms with van der Waals surface area (Å²) in [6.45, 7) is 11.1. The lowest BCUT2D eigenvalue weighted by molar-refractivity contribution is 0.00821. The second-order valence-electron chi connectivity index (χ2n) is 8.23. The molecule has 6 nitrogen and oxygen atoms in total. The summed E-state index contributed by atoms with van der Waals surface area (Å²) in [6.07, 6.45) is -0.220. The Labute approximate surface area is 148 Å². The number of carbonyl (C=O) groups is 1. The van der Waals surface area contributed by atoms with Crippen molar-refractivity contribution in [3.63, 3.8) is 0 Å². The van der Waals surface area contributed by atoms with Crippen molar-refractivity contribution in [2.24, 2.45) is 0 Å². The van der Waals surface area contributed by atoms with Gasteiger partial charge in [-0.2, -0.15) is 5.10 Å². The van der Waals surface area contributed by atoms with Gasteiger partial charge in [-0.15, -0.1) is 0 Å². The summed E-state index contributed by atoms with van der Waals surface area (Å²) in [5.41, 5.74) is 3.13. The number of likely N-dealkylation sites (tertiary alicyclic amines) is 1. The molecule has 4 rings (SSSR count). The predicted octanol–water partition coefficient (Wildman–Crippen LogP) is 3.03. The van der Waals surface area contributed by atoms with Crippen molar-refractivity contribution in [2.45, 2.75) is 51.8 Å². The molecule has 1 N–H and O–H groups in total. The van der Waals surface area contributed by atoms with Crippen LogP contribution in [0.5, 0.6) is 0 Å². The van der Waals surface area contributed by atoms with Crippen molar-refractivity contribution in [2.75, 3.05) is 19.6 Å². The molecular weight excluding hydrogens is 316 g/mol. The predicted molar refractivity (Wildman–Crippen MR) is 96.7 cm³/mol. The molecule has 0 spiro atoms. The molecule has 1 amide bonds. The first-order valence-electron chi connectivity index (χ1n) is 9.01. The number of ether oxygens (including phenoxy) is 1. The Morgan fingerprint density at radius 2 is 2.08 bits per heavy atom. The van der Waals surface area contributed by atoms with Crippen LogP contribution in [0, 0.1) is 0 Å². The van der Waals surface area contributed by atoms with E-state index in [0.717, 1.165) is 18.6 Å². The standard InChI is InChI=1S/C19H26N4O2/c1-12-8-20-9-17-15-6-5-13(7-16(15)21-23(12)17)14-10-22(11-14)18(24)25-19(2,3)4/h5-7,12,14,20H,8-11H2,1-4H3/t12-/m1/s1. The van der Waals surface area contributed by atoms with E-state index in [0.29, 0.717) is 25.0 Å². The van der Waals surface area contributed by atoms with Crippen LogP contribution in [-0.2, 0) is 11.3 Å². The number of amides is 1. The maximum atomic E-state index is 12.1. The monoisotopic (exact) mass is 342 g/mol. The number of rotatable bonds is 1. The fourth-order valence-corrected chi connectivity index (χ4v) is 3.62. The zero-order chi connectivity index (χ0) is 17.8. The van der Waals surface area contributed by atoms with Crippen LogP contribution in [0.15, 0.2) is 18.2 Å². The highest BCUT2D eigenvalue weighted by molar-refractivity contribution is 5.82. The largest absolute Gasteiger partial charge is 0.444 e. The first-order chi connectivity index (χ1) is 11.8. The Hall–Kier alpha value is -2.08. The minimum atomic E-state index is -0.443. The van der Waals surface area contributed by atoms with Crippen LogP contribution in [0.1, 0.15) is 50.9 Å². The number of nitrogens with zero attached hydrogens (tertiary/aromatic N) is 3. The third kappa shape index (κ3) is 2.99. The molecule has 0 aliphatic carbocycles. The van der Waals surface area contributed by atoms with Gasteiger partial charge in [0, 0.05) is 37.5 Å². The second-order valence-corrected chi connectivity index (χ2v) is 8.23. The van der Waals surface area contributed by atoms with Crippen LogP contribution >= 0.6 is 0 Å². The van der Waals surface area contributed by atoms with E-state index < -0.39 is 5.60 Å². The first kappa shape index (κ1) is 16.4. The molecule has 0 unspecified atom stereocenters. The fourth-order valence-electron chi connectivity index (χ4n) is 3.62. The third-order valence-electron chi connectivity index (χ3n) is 4.98. The number of benzene rings is 1. The van der Waals surface area contributed by atoms with E-state index >= 15 is 0 Å². The molecule has 1 aromatic carbocycles. The van der Waals surface area contributed by atoms with Gasteiger partial charge in [-0.3, -0.25) is 4.68 Å². The van der Waals surface area contributed by atoms with Gasteiger partial charge >= 0.3 is 6.09 Å². The molecule has 2 aromatic rings. The molecule has 0 saturated carbocycles. The molecule has 0 radical (unpaired) electrons. The molecule has 25 heavy (non-hydrogen) atoms. The van der Waals surface area contributed by atoms with Crippen LogP contribution in [0.2, 0.25) is 0 Å². The van der Waals surface area contributed by atoms with Crippen molar-refractivity contribution in [3.8, 4) is 0 Å². The molecule has 3 heterocycles. The topological polar surface area (TPSA) is 59.4 Å². The molecule has 134 valence electrons. The molecule has 0 bridgehead atoms. The Bertz CT molecular complexity index is 815. The lowest BCUT2D eigenvalue weighted by Crippen LogP contribution is -2.50. The van der Waals surface area contributed by atoms with E-state index in [1.807, 2.05) is 20.8 Å². The van der Waals surface area contributed by atoms with Crippen LogP contribution in [0.25, 0.3) is 10.9 Å². The number of aromatic nitrogens is 2. The maximum absolute atomic E-state index is 12.1.